The van der Waals surface area contributed by atoms with Crippen LogP contribution in [0.3, 0.4) is 0 Å². The van der Waals surface area contributed by atoms with Crippen molar-refractivity contribution >= 4 is 5.97 Å². The highest BCUT2D eigenvalue weighted by atomic mass is 19.3. The molecule has 0 aliphatic carbocycles. The lowest BCUT2D eigenvalue weighted by atomic mass is 10.2. The van der Waals surface area contributed by atoms with E-state index in [1.807, 2.05) is 0 Å². The Morgan fingerprint density at radius 3 is 2.35 bits per heavy atom. The molecule has 106 valence electrons. The molecule has 0 unspecified atom stereocenters. The van der Waals surface area contributed by atoms with Crippen molar-refractivity contribution in [1.29, 1.82) is 0 Å². The van der Waals surface area contributed by atoms with Gasteiger partial charge in [-0.05, 0) is 17.7 Å². The molecule has 1 N–H and O–H groups in total. The summed E-state index contributed by atoms with van der Waals surface area (Å²) in [5, 5.41) is 15.1. The predicted octanol–water partition coefficient (Wildman–Crippen LogP) is 2.24. The van der Waals surface area contributed by atoms with Crippen molar-refractivity contribution in [1.82, 2.24) is 15.0 Å². The van der Waals surface area contributed by atoms with Crippen molar-refractivity contribution in [3.05, 3.63) is 46.8 Å². The first kappa shape index (κ1) is 14.0. The van der Waals surface area contributed by atoms with E-state index in [1.165, 1.54) is 0 Å². The number of nitrogens with zero attached hydrogens (tertiary/aromatic N) is 3. The van der Waals surface area contributed by atoms with Crippen molar-refractivity contribution in [2.75, 3.05) is 0 Å². The quantitative estimate of drug-likeness (QED) is 0.876. The number of carboxylic acids is 1. The summed E-state index contributed by atoms with van der Waals surface area (Å²) in [5.41, 5.74) is -1.79. The minimum absolute atomic E-state index is 0.0197. The second-order valence-electron chi connectivity index (χ2n) is 3.86. The fourth-order valence-electron chi connectivity index (χ4n) is 1.68. The van der Waals surface area contributed by atoms with Crippen molar-refractivity contribution in [2.24, 2.45) is 0 Å². The van der Waals surface area contributed by atoms with Gasteiger partial charge in [-0.1, -0.05) is 5.21 Å². The van der Waals surface area contributed by atoms with Gasteiger partial charge in [0.1, 0.15) is 17.3 Å². The molecule has 0 bridgehead atoms. The van der Waals surface area contributed by atoms with Crippen molar-refractivity contribution < 1.29 is 27.5 Å². The van der Waals surface area contributed by atoms with Gasteiger partial charge < -0.3 is 5.11 Å². The third-order valence-electron chi connectivity index (χ3n) is 2.44. The summed E-state index contributed by atoms with van der Waals surface area (Å²) in [4.78, 5) is 10.7. The standard InChI is InChI=1S/C11H7F4N3O2/c12-6-1-5(2-7(13)3-6)4-18-9(10(14)15)8(11(19)20)16-17-18/h1-3,10H,4H2,(H,19,20). The van der Waals surface area contributed by atoms with Crippen LogP contribution < -0.4 is 0 Å². The van der Waals surface area contributed by atoms with Gasteiger partial charge in [0.15, 0.2) is 5.69 Å². The van der Waals surface area contributed by atoms with Gasteiger partial charge >= 0.3 is 5.97 Å². The average Bonchev–Trinajstić information content (AvgIpc) is 2.71. The molecular weight excluding hydrogens is 282 g/mol. The SMILES string of the molecule is O=C(O)c1nnn(Cc2cc(F)cc(F)c2)c1C(F)F. The molecule has 2 aromatic rings. The van der Waals surface area contributed by atoms with Crippen LogP contribution >= 0.6 is 0 Å². The smallest absolute Gasteiger partial charge is 0.358 e. The molecular formula is C11H7F4N3O2. The van der Waals surface area contributed by atoms with E-state index in [0.717, 1.165) is 12.1 Å². The van der Waals surface area contributed by atoms with E-state index in [4.69, 9.17) is 5.11 Å². The van der Waals surface area contributed by atoms with E-state index in [9.17, 15) is 22.4 Å². The number of alkyl halides is 2. The highest BCUT2D eigenvalue weighted by Crippen LogP contribution is 2.22. The monoisotopic (exact) mass is 289 g/mol. The summed E-state index contributed by atoms with van der Waals surface area (Å²) in [5.74, 6) is -3.41. The number of benzene rings is 1. The first-order chi connectivity index (χ1) is 9.38. The number of rotatable bonds is 4. The minimum atomic E-state index is -3.13. The summed E-state index contributed by atoms with van der Waals surface area (Å²) < 4.78 is 52.3. The van der Waals surface area contributed by atoms with E-state index >= 15 is 0 Å². The topological polar surface area (TPSA) is 68.0 Å². The van der Waals surface area contributed by atoms with E-state index < -0.39 is 42.0 Å². The van der Waals surface area contributed by atoms with Crippen LogP contribution in [0.1, 0.15) is 28.2 Å². The van der Waals surface area contributed by atoms with Gasteiger partial charge in [-0.25, -0.2) is 27.0 Å². The lowest BCUT2D eigenvalue weighted by Gasteiger charge is -2.06. The number of hydrogen-bond acceptors (Lipinski definition) is 3. The van der Waals surface area contributed by atoms with Gasteiger partial charge in [0, 0.05) is 6.07 Å². The zero-order valence-corrected chi connectivity index (χ0v) is 9.73. The zero-order chi connectivity index (χ0) is 14.9. The number of aromatic nitrogens is 3. The molecule has 0 aliphatic heterocycles. The first-order valence-corrected chi connectivity index (χ1v) is 5.28. The molecule has 1 aromatic heterocycles. The van der Waals surface area contributed by atoms with Crippen LogP contribution in [0, 0.1) is 11.6 Å². The Morgan fingerprint density at radius 2 is 1.85 bits per heavy atom. The summed E-state index contributed by atoms with van der Waals surface area (Å²) in [6.07, 6.45) is -3.13. The highest BCUT2D eigenvalue weighted by molar-refractivity contribution is 5.86. The third kappa shape index (κ3) is 2.76. The van der Waals surface area contributed by atoms with Gasteiger partial charge in [0.25, 0.3) is 6.43 Å². The number of carboxylic acid groups (broad SMARTS) is 1. The zero-order valence-electron chi connectivity index (χ0n) is 9.73. The minimum Gasteiger partial charge on any atom is -0.476 e. The van der Waals surface area contributed by atoms with E-state index in [0.29, 0.717) is 10.7 Å². The number of aromatic carboxylic acids is 1. The van der Waals surface area contributed by atoms with Gasteiger partial charge in [-0.3, -0.25) is 0 Å². The Labute approximate surface area is 109 Å². The highest BCUT2D eigenvalue weighted by Gasteiger charge is 2.26. The number of halogens is 4. The molecule has 20 heavy (non-hydrogen) atoms. The number of hydrogen-bond donors (Lipinski definition) is 1. The fraction of sp³-hybridized carbons (Fsp3) is 0.182. The Morgan fingerprint density at radius 1 is 1.25 bits per heavy atom. The molecule has 0 atom stereocenters. The van der Waals surface area contributed by atoms with Crippen LogP contribution in [0.15, 0.2) is 18.2 Å². The molecule has 1 aromatic carbocycles. The Kier molecular flexibility index (Phi) is 3.68. The Balaban J connectivity index is 2.41. The third-order valence-corrected chi connectivity index (χ3v) is 2.44. The molecule has 5 nitrogen and oxygen atoms in total. The maximum absolute atomic E-state index is 13.0. The molecule has 1 heterocycles. The predicted molar refractivity (Wildman–Crippen MR) is 57.4 cm³/mol. The maximum Gasteiger partial charge on any atom is 0.358 e. The normalized spacial score (nSPS) is 11.1. The molecule has 0 amide bonds. The van der Waals surface area contributed by atoms with Crippen molar-refractivity contribution in [3.8, 4) is 0 Å². The molecule has 2 rings (SSSR count). The van der Waals surface area contributed by atoms with E-state index in [-0.39, 0.29) is 5.56 Å². The lowest BCUT2D eigenvalue weighted by Crippen LogP contribution is -2.10. The average molecular weight is 289 g/mol. The van der Waals surface area contributed by atoms with Crippen LogP contribution in [0.5, 0.6) is 0 Å². The van der Waals surface area contributed by atoms with Gasteiger partial charge in [-0.2, -0.15) is 0 Å². The lowest BCUT2D eigenvalue weighted by molar-refractivity contribution is 0.0675. The second-order valence-corrected chi connectivity index (χ2v) is 3.86. The molecule has 0 fully saturated rings. The molecule has 0 aliphatic rings. The van der Waals surface area contributed by atoms with Crippen LogP contribution in [0.25, 0.3) is 0 Å². The molecule has 0 radical (unpaired) electrons. The summed E-state index contributed by atoms with van der Waals surface area (Å²) in [7, 11) is 0. The fourth-order valence-corrected chi connectivity index (χ4v) is 1.68. The summed E-state index contributed by atoms with van der Waals surface area (Å²) in [6, 6.07) is 2.49. The Hall–Kier alpha value is -2.45. The van der Waals surface area contributed by atoms with Crippen molar-refractivity contribution in [2.45, 2.75) is 13.0 Å². The van der Waals surface area contributed by atoms with Crippen LogP contribution in [-0.4, -0.2) is 26.1 Å². The molecule has 0 saturated carbocycles. The summed E-state index contributed by atoms with van der Waals surface area (Å²) >= 11 is 0. The van der Waals surface area contributed by atoms with Crippen LogP contribution in [-0.2, 0) is 6.54 Å². The molecule has 9 heteroatoms. The maximum atomic E-state index is 13.0. The largest absolute Gasteiger partial charge is 0.476 e. The molecule has 0 saturated heterocycles. The van der Waals surface area contributed by atoms with E-state index in [1.54, 1.807) is 0 Å². The van der Waals surface area contributed by atoms with Crippen LogP contribution in [0.2, 0.25) is 0 Å². The Bertz CT molecular complexity index is 637. The van der Waals surface area contributed by atoms with E-state index in [2.05, 4.69) is 10.3 Å². The van der Waals surface area contributed by atoms with Crippen molar-refractivity contribution in [3.63, 3.8) is 0 Å². The van der Waals surface area contributed by atoms with Crippen LogP contribution in [0.4, 0.5) is 17.6 Å². The summed E-state index contributed by atoms with van der Waals surface area (Å²) in [6.45, 7) is -0.422. The first-order valence-electron chi connectivity index (χ1n) is 5.28. The van der Waals surface area contributed by atoms with Gasteiger partial charge in [0.05, 0.1) is 6.54 Å². The number of carbonyl (C=O) groups is 1. The second kappa shape index (κ2) is 5.27. The van der Waals surface area contributed by atoms with Gasteiger partial charge in [0.2, 0.25) is 0 Å². The van der Waals surface area contributed by atoms with Gasteiger partial charge in [-0.15, -0.1) is 5.10 Å². The molecule has 0 spiro atoms.